The normalized spacial score (nSPS) is 18.8. The van der Waals surface area contributed by atoms with Gasteiger partial charge in [-0.15, -0.1) is 0 Å². The summed E-state index contributed by atoms with van der Waals surface area (Å²) in [5.41, 5.74) is 0.390. The minimum absolute atomic E-state index is 0.0530. The van der Waals surface area contributed by atoms with Crippen molar-refractivity contribution in [1.82, 2.24) is 14.5 Å². The van der Waals surface area contributed by atoms with E-state index in [1.165, 1.54) is 6.07 Å². The number of nitrogens with one attached hydrogen (secondary N) is 1. The summed E-state index contributed by atoms with van der Waals surface area (Å²) in [6.07, 6.45) is 4.53. The molecule has 0 radical (unpaired) electrons. The maximum absolute atomic E-state index is 13.1. The number of nitrogens with zero attached hydrogens (tertiary/aromatic N) is 2. The van der Waals surface area contributed by atoms with Crippen molar-refractivity contribution in [3.05, 3.63) is 29.8 Å². The van der Waals surface area contributed by atoms with Gasteiger partial charge in [0.1, 0.15) is 0 Å². The Balaban J connectivity index is 2.10. The van der Waals surface area contributed by atoms with Gasteiger partial charge in [-0.05, 0) is 64.5 Å². The first-order valence-corrected chi connectivity index (χ1v) is 10.8. The second kappa shape index (κ2) is 9.48. The topological polar surface area (TPSA) is 69.7 Å². The van der Waals surface area contributed by atoms with Crippen LogP contribution in [0, 0.1) is 0 Å². The number of hydrogen-bond donors (Lipinski definition) is 1. The van der Waals surface area contributed by atoms with E-state index in [9.17, 15) is 13.2 Å². The highest BCUT2D eigenvalue weighted by Gasteiger charge is 2.32. The quantitative estimate of drug-likeness (QED) is 0.702. The predicted octanol–water partition coefficient (Wildman–Crippen LogP) is 2.32. The van der Waals surface area contributed by atoms with E-state index in [0.29, 0.717) is 18.7 Å². The standard InChI is InChI=1S/C19H31N3O3S/c1-4-17-10-5-6-14-22(17)26(24,25)18-11-7-9-16(15-18)19(23)20-12-8-13-21(2)3/h7,9,11,15,17H,4-6,8,10,12-14H2,1-3H3,(H,20,23). The van der Waals surface area contributed by atoms with E-state index in [4.69, 9.17) is 0 Å². The van der Waals surface area contributed by atoms with Crippen LogP contribution >= 0.6 is 0 Å². The lowest BCUT2D eigenvalue weighted by atomic mass is 10.0. The van der Waals surface area contributed by atoms with E-state index < -0.39 is 10.0 Å². The molecule has 2 rings (SSSR count). The molecule has 146 valence electrons. The highest BCUT2D eigenvalue weighted by atomic mass is 32.2. The minimum Gasteiger partial charge on any atom is -0.352 e. The molecular formula is C19H31N3O3S. The van der Waals surface area contributed by atoms with Gasteiger partial charge in [-0.1, -0.05) is 19.4 Å². The number of rotatable bonds is 8. The molecule has 1 amide bonds. The zero-order chi connectivity index (χ0) is 19.2. The molecule has 1 aliphatic heterocycles. The van der Waals surface area contributed by atoms with Crippen LogP contribution in [0.2, 0.25) is 0 Å². The van der Waals surface area contributed by atoms with E-state index >= 15 is 0 Å². The predicted molar refractivity (Wildman–Crippen MR) is 104 cm³/mol. The Labute approximate surface area is 157 Å². The van der Waals surface area contributed by atoms with Gasteiger partial charge in [-0.25, -0.2) is 8.42 Å². The zero-order valence-corrected chi connectivity index (χ0v) is 16.9. The Hall–Kier alpha value is -1.44. The van der Waals surface area contributed by atoms with Crippen LogP contribution in [0.3, 0.4) is 0 Å². The summed E-state index contributed by atoms with van der Waals surface area (Å²) in [5, 5.41) is 2.86. The Kier molecular flexibility index (Phi) is 7.61. The third-order valence-corrected chi connectivity index (χ3v) is 6.76. The molecule has 1 fully saturated rings. The second-order valence-corrected chi connectivity index (χ2v) is 9.00. The largest absolute Gasteiger partial charge is 0.352 e. The molecule has 26 heavy (non-hydrogen) atoms. The Morgan fingerprint density at radius 3 is 2.77 bits per heavy atom. The van der Waals surface area contributed by atoms with E-state index in [2.05, 4.69) is 10.2 Å². The Morgan fingerprint density at radius 1 is 1.31 bits per heavy atom. The van der Waals surface area contributed by atoms with Gasteiger partial charge in [-0.2, -0.15) is 4.31 Å². The summed E-state index contributed by atoms with van der Waals surface area (Å²) in [4.78, 5) is 14.6. The lowest BCUT2D eigenvalue weighted by Gasteiger charge is -2.34. The SMILES string of the molecule is CCC1CCCCN1S(=O)(=O)c1cccc(C(=O)NCCCN(C)C)c1. The van der Waals surface area contributed by atoms with Crippen molar-refractivity contribution >= 4 is 15.9 Å². The van der Waals surface area contributed by atoms with Crippen LogP contribution in [0.25, 0.3) is 0 Å². The number of benzene rings is 1. The molecule has 0 bridgehead atoms. The van der Waals surface area contributed by atoms with E-state index in [1.54, 1.807) is 22.5 Å². The van der Waals surface area contributed by atoms with Crippen molar-refractivity contribution in [3.63, 3.8) is 0 Å². The fourth-order valence-corrected chi connectivity index (χ4v) is 5.14. The summed E-state index contributed by atoms with van der Waals surface area (Å²) in [6.45, 7) is 4.04. The van der Waals surface area contributed by atoms with E-state index in [-0.39, 0.29) is 16.8 Å². The first-order valence-electron chi connectivity index (χ1n) is 9.41. The number of amides is 1. The maximum atomic E-state index is 13.1. The van der Waals surface area contributed by atoms with Crippen molar-refractivity contribution in [2.75, 3.05) is 33.7 Å². The van der Waals surface area contributed by atoms with Crippen molar-refractivity contribution in [2.24, 2.45) is 0 Å². The molecule has 1 aliphatic rings. The van der Waals surface area contributed by atoms with E-state index in [1.807, 2.05) is 21.0 Å². The molecule has 7 heteroatoms. The summed E-state index contributed by atoms with van der Waals surface area (Å²) >= 11 is 0. The Morgan fingerprint density at radius 2 is 2.08 bits per heavy atom. The summed E-state index contributed by atoms with van der Waals surface area (Å²) in [6, 6.07) is 6.44. The van der Waals surface area contributed by atoms with Crippen LogP contribution in [0.15, 0.2) is 29.2 Å². The van der Waals surface area contributed by atoms with E-state index in [0.717, 1.165) is 38.6 Å². The summed E-state index contributed by atoms with van der Waals surface area (Å²) < 4.78 is 27.7. The highest BCUT2D eigenvalue weighted by molar-refractivity contribution is 7.89. The van der Waals surface area contributed by atoms with Gasteiger partial charge >= 0.3 is 0 Å². The number of hydrogen-bond acceptors (Lipinski definition) is 4. The second-order valence-electron chi connectivity index (χ2n) is 7.11. The first-order chi connectivity index (χ1) is 12.4. The fourth-order valence-electron chi connectivity index (χ4n) is 3.33. The Bertz CT molecular complexity index is 704. The molecular weight excluding hydrogens is 350 g/mol. The maximum Gasteiger partial charge on any atom is 0.251 e. The molecule has 0 aliphatic carbocycles. The fraction of sp³-hybridized carbons (Fsp3) is 0.632. The average molecular weight is 382 g/mol. The molecule has 6 nitrogen and oxygen atoms in total. The lowest BCUT2D eigenvalue weighted by Crippen LogP contribution is -2.43. The molecule has 1 N–H and O–H groups in total. The first kappa shape index (κ1) is 20.9. The molecule has 1 heterocycles. The van der Waals surface area contributed by atoms with Crippen molar-refractivity contribution in [3.8, 4) is 0 Å². The van der Waals surface area contributed by atoms with Crippen molar-refractivity contribution in [1.29, 1.82) is 0 Å². The third-order valence-electron chi connectivity index (χ3n) is 4.81. The molecule has 0 saturated carbocycles. The van der Waals surface area contributed by atoms with Gasteiger partial charge in [0.2, 0.25) is 10.0 Å². The van der Waals surface area contributed by atoms with Crippen LogP contribution in [-0.2, 0) is 10.0 Å². The van der Waals surface area contributed by atoms with Gasteiger partial charge in [-0.3, -0.25) is 4.79 Å². The summed E-state index contributed by atoms with van der Waals surface area (Å²) in [5.74, 6) is -0.230. The average Bonchev–Trinajstić information content (AvgIpc) is 2.65. The van der Waals surface area contributed by atoms with Crippen LogP contribution in [0.5, 0.6) is 0 Å². The number of piperidine rings is 1. The third kappa shape index (κ3) is 5.28. The van der Waals surface area contributed by atoms with Gasteiger partial charge in [0.25, 0.3) is 5.91 Å². The molecule has 1 aromatic carbocycles. The molecule has 0 spiro atoms. The van der Waals surface area contributed by atoms with Gasteiger partial charge in [0.15, 0.2) is 0 Å². The molecule has 1 unspecified atom stereocenters. The van der Waals surface area contributed by atoms with Crippen LogP contribution in [0.1, 0.15) is 49.4 Å². The van der Waals surface area contributed by atoms with Crippen LogP contribution in [0.4, 0.5) is 0 Å². The van der Waals surface area contributed by atoms with Crippen LogP contribution < -0.4 is 5.32 Å². The van der Waals surface area contributed by atoms with Crippen LogP contribution in [-0.4, -0.2) is 63.3 Å². The minimum atomic E-state index is -3.57. The van der Waals surface area contributed by atoms with Gasteiger partial charge in [0.05, 0.1) is 4.90 Å². The molecule has 0 aromatic heterocycles. The van der Waals surface area contributed by atoms with Gasteiger partial charge < -0.3 is 10.2 Å². The van der Waals surface area contributed by atoms with Crippen molar-refractivity contribution in [2.45, 2.75) is 50.0 Å². The summed E-state index contributed by atoms with van der Waals surface area (Å²) in [7, 11) is 0.404. The molecule has 1 saturated heterocycles. The smallest absolute Gasteiger partial charge is 0.251 e. The highest BCUT2D eigenvalue weighted by Crippen LogP contribution is 2.27. The van der Waals surface area contributed by atoms with Crippen molar-refractivity contribution < 1.29 is 13.2 Å². The number of carbonyl (C=O) groups is 1. The van der Waals surface area contributed by atoms with Gasteiger partial charge in [0, 0.05) is 24.7 Å². The number of sulfonamides is 1. The lowest BCUT2D eigenvalue weighted by molar-refractivity contribution is 0.0952. The number of carbonyl (C=O) groups excluding carboxylic acids is 1. The monoisotopic (exact) mass is 381 g/mol. The molecule has 1 atom stereocenters. The molecule has 1 aromatic rings. The zero-order valence-electron chi connectivity index (χ0n) is 16.1.